The molecule has 2 N–H and O–H groups in total. The molecule has 3 rings (SSSR count). The number of halogens is 2. The number of nitrogens with one attached hydrogen (secondary N) is 2. The number of benzene rings is 2. The maximum atomic E-state index is 13.2. The van der Waals surface area contributed by atoms with E-state index in [-0.39, 0.29) is 23.8 Å². The lowest BCUT2D eigenvalue weighted by Crippen LogP contribution is -2.42. The van der Waals surface area contributed by atoms with Crippen LogP contribution in [0.15, 0.2) is 70.9 Å². The fourth-order valence-corrected chi connectivity index (χ4v) is 5.85. The van der Waals surface area contributed by atoms with E-state index in [4.69, 9.17) is 11.6 Å². The summed E-state index contributed by atoms with van der Waals surface area (Å²) in [7, 11) is -3.84. The lowest BCUT2D eigenvalue weighted by atomic mass is 10.1. The minimum Gasteiger partial charge on any atom is -0.348 e. The summed E-state index contributed by atoms with van der Waals surface area (Å²) in [6, 6.07) is 15.0. The van der Waals surface area contributed by atoms with Gasteiger partial charge in [0.25, 0.3) is 0 Å². The smallest absolute Gasteiger partial charge is 0.309 e. The lowest BCUT2D eigenvalue weighted by Gasteiger charge is -2.17. The van der Waals surface area contributed by atoms with Gasteiger partial charge in [0.05, 0.1) is 4.90 Å². The first-order chi connectivity index (χ1) is 15.3. The molecule has 0 saturated heterocycles. The molecule has 32 heavy (non-hydrogen) atoms. The Hall–Kier alpha value is -2.75. The Morgan fingerprint density at radius 2 is 1.62 bits per heavy atom. The molecule has 0 fully saturated rings. The van der Waals surface area contributed by atoms with Gasteiger partial charge in [0, 0.05) is 23.0 Å². The summed E-state index contributed by atoms with van der Waals surface area (Å²) in [5, 5.41) is 5.98. The zero-order chi connectivity index (χ0) is 23.1. The Morgan fingerprint density at radius 1 is 0.969 bits per heavy atom. The molecule has 3 aromatic rings. The Balaban J connectivity index is 1.61. The second-order valence-electron chi connectivity index (χ2n) is 6.85. The number of thiophene rings is 1. The van der Waals surface area contributed by atoms with Crippen LogP contribution in [0.2, 0.25) is 5.02 Å². The van der Waals surface area contributed by atoms with Crippen LogP contribution in [-0.2, 0) is 25.8 Å². The van der Waals surface area contributed by atoms with E-state index in [0.29, 0.717) is 16.3 Å². The highest BCUT2D eigenvalue weighted by atomic mass is 35.5. The summed E-state index contributed by atoms with van der Waals surface area (Å²) in [5.74, 6) is -2.16. The predicted octanol–water partition coefficient (Wildman–Crippen LogP) is 3.53. The molecular formula is C22H20ClFN2O4S2. The summed E-state index contributed by atoms with van der Waals surface area (Å²) >= 11 is 7.10. The van der Waals surface area contributed by atoms with Crippen LogP contribution < -0.4 is 10.6 Å². The summed E-state index contributed by atoms with van der Waals surface area (Å²) in [4.78, 5) is 24.9. The highest BCUT2D eigenvalue weighted by Gasteiger charge is 2.31. The SMILES string of the molecule is O=C(NCCc1ccc(F)cc1)C(=O)NC[C@H](c1cccs1)S(=O)(=O)c1ccc(Cl)cc1. The second-order valence-corrected chi connectivity index (χ2v) is 10.4. The van der Waals surface area contributed by atoms with Crippen molar-refractivity contribution in [3.63, 3.8) is 0 Å². The van der Waals surface area contributed by atoms with Gasteiger partial charge in [-0.1, -0.05) is 29.8 Å². The molecule has 2 amide bonds. The topological polar surface area (TPSA) is 92.3 Å². The fourth-order valence-electron chi connectivity index (χ4n) is 2.94. The van der Waals surface area contributed by atoms with Gasteiger partial charge in [0.1, 0.15) is 11.1 Å². The van der Waals surface area contributed by atoms with Crippen molar-refractivity contribution in [3.8, 4) is 0 Å². The lowest BCUT2D eigenvalue weighted by molar-refractivity contribution is -0.139. The third-order valence-electron chi connectivity index (χ3n) is 4.64. The normalized spacial score (nSPS) is 12.2. The van der Waals surface area contributed by atoms with Crippen molar-refractivity contribution in [2.75, 3.05) is 13.1 Å². The monoisotopic (exact) mass is 494 g/mol. The van der Waals surface area contributed by atoms with Gasteiger partial charge >= 0.3 is 11.8 Å². The van der Waals surface area contributed by atoms with Crippen LogP contribution >= 0.6 is 22.9 Å². The molecule has 0 radical (unpaired) electrons. The van der Waals surface area contributed by atoms with Crippen molar-refractivity contribution in [1.82, 2.24) is 10.6 Å². The van der Waals surface area contributed by atoms with Gasteiger partial charge in [0.15, 0.2) is 9.84 Å². The van der Waals surface area contributed by atoms with Crippen LogP contribution in [0.3, 0.4) is 0 Å². The summed E-state index contributed by atoms with van der Waals surface area (Å²) < 4.78 is 39.3. The van der Waals surface area contributed by atoms with E-state index in [1.54, 1.807) is 29.6 Å². The van der Waals surface area contributed by atoms with E-state index in [9.17, 15) is 22.4 Å². The predicted molar refractivity (Wildman–Crippen MR) is 122 cm³/mol. The molecule has 0 unspecified atom stereocenters. The third-order valence-corrected chi connectivity index (χ3v) is 8.13. The molecular weight excluding hydrogens is 475 g/mol. The van der Waals surface area contributed by atoms with Gasteiger partial charge in [-0.05, 0) is 59.8 Å². The van der Waals surface area contributed by atoms with Gasteiger partial charge < -0.3 is 10.6 Å². The van der Waals surface area contributed by atoms with Crippen molar-refractivity contribution < 1.29 is 22.4 Å². The van der Waals surface area contributed by atoms with Crippen LogP contribution in [0.5, 0.6) is 0 Å². The summed E-state index contributed by atoms with van der Waals surface area (Å²) in [6.45, 7) is -0.0923. The minimum atomic E-state index is -3.84. The molecule has 0 aliphatic rings. The van der Waals surface area contributed by atoms with Gasteiger partial charge in [-0.3, -0.25) is 9.59 Å². The van der Waals surface area contributed by atoms with Crippen LogP contribution in [0.4, 0.5) is 4.39 Å². The van der Waals surface area contributed by atoms with E-state index < -0.39 is 26.9 Å². The summed E-state index contributed by atoms with van der Waals surface area (Å²) in [5.41, 5.74) is 0.805. The molecule has 0 spiro atoms. The third kappa shape index (κ3) is 6.15. The summed E-state index contributed by atoms with van der Waals surface area (Å²) in [6.07, 6.45) is 0.419. The van der Waals surface area contributed by atoms with Crippen molar-refractivity contribution in [1.29, 1.82) is 0 Å². The van der Waals surface area contributed by atoms with E-state index in [0.717, 1.165) is 5.56 Å². The van der Waals surface area contributed by atoms with Crippen LogP contribution in [0, 0.1) is 5.82 Å². The number of sulfone groups is 1. The van der Waals surface area contributed by atoms with Gasteiger partial charge in [-0.2, -0.15) is 0 Å². The quantitative estimate of drug-likeness (QED) is 0.468. The number of carbonyl (C=O) groups excluding carboxylic acids is 2. The Morgan fingerprint density at radius 3 is 2.25 bits per heavy atom. The van der Waals surface area contributed by atoms with Gasteiger partial charge in [0.2, 0.25) is 0 Å². The molecule has 6 nitrogen and oxygen atoms in total. The van der Waals surface area contributed by atoms with E-state index in [1.165, 1.54) is 47.7 Å². The number of rotatable bonds is 8. The number of amides is 2. The van der Waals surface area contributed by atoms with Crippen LogP contribution in [0.25, 0.3) is 0 Å². The van der Waals surface area contributed by atoms with Gasteiger partial charge in [-0.15, -0.1) is 11.3 Å². The minimum absolute atomic E-state index is 0.0679. The molecule has 0 bridgehead atoms. The molecule has 1 atom stereocenters. The van der Waals surface area contributed by atoms with Crippen LogP contribution in [0.1, 0.15) is 15.7 Å². The van der Waals surface area contributed by atoms with Crippen molar-refractivity contribution in [3.05, 3.63) is 87.3 Å². The number of hydrogen-bond acceptors (Lipinski definition) is 5. The second kappa shape index (κ2) is 10.7. The zero-order valence-electron chi connectivity index (χ0n) is 16.8. The standard InChI is InChI=1S/C22H20ClFN2O4S2/c23-16-5-9-18(10-6-16)32(29,30)20(19-2-1-13-31-19)14-26-22(28)21(27)25-12-11-15-3-7-17(24)8-4-15/h1-10,13,20H,11-12,14H2,(H,25,27)(H,26,28)/t20-/m1/s1. The first-order valence-corrected chi connectivity index (χ1v) is 12.4. The Bertz CT molecular complexity index is 1170. The van der Waals surface area contributed by atoms with Crippen molar-refractivity contribution in [2.24, 2.45) is 0 Å². The first-order valence-electron chi connectivity index (χ1n) is 9.60. The molecule has 0 aliphatic heterocycles. The average Bonchev–Trinajstić information content (AvgIpc) is 3.29. The van der Waals surface area contributed by atoms with Gasteiger partial charge in [-0.25, -0.2) is 12.8 Å². The zero-order valence-corrected chi connectivity index (χ0v) is 19.1. The molecule has 1 heterocycles. The highest BCUT2D eigenvalue weighted by molar-refractivity contribution is 7.91. The van der Waals surface area contributed by atoms with E-state index >= 15 is 0 Å². The number of hydrogen-bond donors (Lipinski definition) is 2. The molecule has 1 aromatic heterocycles. The Kier molecular flexibility index (Phi) is 8.00. The first kappa shape index (κ1) is 23.9. The fraction of sp³-hybridized carbons (Fsp3) is 0.182. The average molecular weight is 495 g/mol. The van der Waals surface area contributed by atoms with Crippen molar-refractivity contribution in [2.45, 2.75) is 16.6 Å². The van der Waals surface area contributed by atoms with Crippen LogP contribution in [-0.4, -0.2) is 33.3 Å². The van der Waals surface area contributed by atoms with Crippen molar-refractivity contribution >= 4 is 44.6 Å². The highest BCUT2D eigenvalue weighted by Crippen LogP contribution is 2.31. The van der Waals surface area contributed by atoms with E-state index in [2.05, 4.69) is 10.6 Å². The molecule has 2 aromatic carbocycles. The number of carbonyl (C=O) groups is 2. The maximum Gasteiger partial charge on any atom is 0.309 e. The molecule has 168 valence electrons. The maximum absolute atomic E-state index is 13.2. The Labute approximate surface area is 194 Å². The molecule has 0 aliphatic carbocycles. The molecule has 10 heteroatoms. The molecule has 0 saturated carbocycles. The van der Waals surface area contributed by atoms with E-state index in [1.807, 2.05) is 0 Å². The largest absolute Gasteiger partial charge is 0.348 e.